The minimum atomic E-state index is -3.80. The van der Waals surface area contributed by atoms with Crippen molar-refractivity contribution in [2.45, 2.75) is 53.6 Å². The molecule has 0 radical (unpaired) electrons. The third-order valence-electron chi connectivity index (χ3n) is 5.95. The molecule has 0 spiro atoms. The minimum absolute atomic E-state index is 0.0207. The number of sulfonamides is 1. The van der Waals surface area contributed by atoms with E-state index in [2.05, 4.69) is 5.32 Å². The maximum absolute atomic E-state index is 13.8. The van der Waals surface area contributed by atoms with Crippen LogP contribution in [0.15, 0.2) is 36.4 Å². The van der Waals surface area contributed by atoms with Crippen LogP contribution in [0.4, 0.5) is 5.69 Å². The lowest BCUT2D eigenvalue weighted by atomic mass is 10.1. The van der Waals surface area contributed by atoms with E-state index in [-0.39, 0.29) is 18.4 Å². The Balaban J connectivity index is 2.50. The van der Waals surface area contributed by atoms with Crippen LogP contribution in [0.25, 0.3) is 0 Å². The number of nitrogens with one attached hydrogen (secondary N) is 1. The lowest BCUT2D eigenvalue weighted by Crippen LogP contribution is -2.52. The number of hydrogen-bond acceptors (Lipinski definition) is 4. The van der Waals surface area contributed by atoms with Gasteiger partial charge in [-0.1, -0.05) is 62.2 Å². The molecule has 0 saturated carbocycles. The maximum atomic E-state index is 13.8. The molecule has 2 aromatic rings. The number of benzene rings is 2. The van der Waals surface area contributed by atoms with Crippen molar-refractivity contribution >= 4 is 50.7 Å². The molecule has 0 heterocycles. The van der Waals surface area contributed by atoms with Crippen LogP contribution in [0.3, 0.4) is 0 Å². The van der Waals surface area contributed by atoms with Crippen molar-refractivity contribution in [1.29, 1.82) is 0 Å². The standard InChI is InChI=1S/C26H35Cl2N3O4S/c1-7-23(26(33)29-14-17(2)3)30(15-20-11-12-21(27)13-22(20)28)25(32)16-31(36(6,34)35)24-10-8-9-18(4)19(24)5/h8-13,17,23H,7,14-16H2,1-6H3,(H,29,33)/t23-/m1/s1. The predicted octanol–water partition coefficient (Wildman–Crippen LogP) is 4.96. The number of aryl methyl sites for hydroxylation is 1. The first-order valence-electron chi connectivity index (χ1n) is 11.8. The first kappa shape index (κ1) is 29.9. The summed E-state index contributed by atoms with van der Waals surface area (Å²) < 4.78 is 26.7. The van der Waals surface area contributed by atoms with Crippen LogP contribution in [0.2, 0.25) is 10.0 Å². The quantitative estimate of drug-likeness (QED) is 0.424. The molecule has 7 nitrogen and oxygen atoms in total. The molecule has 0 unspecified atom stereocenters. The Morgan fingerprint density at radius 1 is 1.08 bits per heavy atom. The van der Waals surface area contributed by atoms with E-state index in [0.717, 1.165) is 21.7 Å². The van der Waals surface area contributed by atoms with Crippen LogP contribution >= 0.6 is 23.2 Å². The maximum Gasteiger partial charge on any atom is 0.244 e. The van der Waals surface area contributed by atoms with Gasteiger partial charge in [-0.3, -0.25) is 13.9 Å². The third kappa shape index (κ3) is 7.85. The number of nitrogens with zero attached hydrogens (tertiary/aromatic N) is 2. The topological polar surface area (TPSA) is 86.8 Å². The van der Waals surface area contributed by atoms with Gasteiger partial charge in [0.05, 0.1) is 11.9 Å². The van der Waals surface area contributed by atoms with Crippen molar-refractivity contribution in [3.63, 3.8) is 0 Å². The highest BCUT2D eigenvalue weighted by Gasteiger charge is 2.32. The van der Waals surface area contributed by atoms with Gasteiger partial charge in [0.15, 0.2) is 0 Å². The molecule has 2 aromatic carbocycles. The largest absolute Gasteiger partial charge is 0.354 e. The highest BCUT2D eigenvalue weighted by molar-refractivity contribution is 7.92. The molecule has 1 atom stereocenters. The third-order valence-corrected chi connectivity index (χ3v) is 7.66. The lowest BCUT2D eigenvalue weighted by molar-refractivity contribution is -0.140. The number of halogens is 2. The van der Waals surface area contributed by atoms with E-state index in [1.165, 1.54) is 4.90 Å². The van der Waals surface area contributed by atoms with E-state index in [9.17, 15) is 18.0 Å². The molecule has 1 N–H and O–H groups in total. The van der Waals surface area contributed by atoms with Gasteiger partial charge in [0.1, 0.15) is 12.6 Å². The molecule has 0 aliphatic carbocycles. The molecule has 0 bridgehead atoms. The Morgan fingerprint density at radius 3 is 2.31 bits per heavy atom. The number of carbonyl (C=O) groups excluding carboxylic acids is 2. The van der Waals surface area contributed by atoms with Gasteiger partial charge >= 0.3 is 0 Å². The average Bonchev–Trinajstić information content (AvgIpc) is 2.78. The number of rotatable bonds is 11. The Hall–Kier alpha value is -2.29. The van der Waals surface area contributed by atoms with Gasteiger partial charge in [-0.2, -0.15) is 0 Å². The van der Waals surface area contributed by atoms with Gasteiger partial charge in [-0.25, -0.2) is 8.42 Å². The fraction of sp³-hybridized carbons (Fsp3) is 0.462. The molecule has 2 rings (SSSR count). The van der Waals surface area contributed by atoms with Gasteiger partial charge in [-0.15, -0.1) is 0 Å². The van der Waals surface area contributed by atoms with E-state index in [1.54, 1.807) is 30.3 Å². The van der Waals surface area contributed by atoms with Crippen LogP contribution in [-0.2, 0) is 26.2 Å². The van der Waals surface area contributed by atoms with Crippen molar-refractivity contribution < 1.29 is 18.0 Å². The summed E-state index contributed by atoms with van der Waals surface area (Å²) in [5, 5.41) is 3.69. The van der Waals surface area contributed by atoms with E-state index >= 15 is 0 Å². The van der Waals surface area contributed by atoms with E-state index in [0.29, 0.717) is 34.3 Å². The Labute approximate surface area is 224 Å². The van der Waals surface area contributed by atoms with Crippen LogP contribution in [0, 0.1) is 19.8 Å². The van der Waals surface area contributed by atoms with Crippen LogP contribution in [0.5, 0.6) is 0 Å². The number of hydrogen-bond donors (Lipinski definition) is 1. The van der Waals surface area contributed by atoms with Crippen molar-refractivity contribution in [3.05, 3.63) is 63.1 Å². The second-order valence-corrected chi connectivity index (χ2v) is 12.1. The molecular formula is C26H35Cl2N3O4S. The monoisotopic (exact) mass is 555 g/mol. The summed E-state index contributed by atoms with van der Waals surface area (Å²) >= 11 is 12.4. The summed E-state index contributed by atoms with van der Waals surface area (Å²) in [6.07, 6.45) is 1.40. The van der Waals surface area contributed by atoms with Gasteiger partial charge < -0.3 is 10.2 Å². The van der Waals surface area contributed by atoms with Crippen molar-refractivity contribution in [2.24, 2.45) is 5.92 Å². The number of anilines is 1. The molecule has 0 aromatic heterocycles. The highest BCUT2D eigenvalue weighted by atomic mass is 35.5. The van der Waals surface area contributed by atoms with Crippen molar-refractivity contribution in [3.8, 4) is 0 Å². The van der Waals surface area contributed by atoms with Gasteiger partial charge in [0.25, 0.3) is 0 Å². The Kier molecular flexibility index (Phi) is 10.6. The fourth-order valence-electron chi connectivity index (χ4n) is 3.78. The molecule has 36 heavy (non-hydrogen) atoms. The molecular weight excluding hydrogens is 521 g/mol. The zero-order valence-corrected chi connectivity index (χ0v) is 24.0. The molecule has 10 heteroatoms. The number of carbonyl (C=O) groups is 2. The van der Waals surface area contributed by atoms with Gasteiger partial charge in [0, 0.05) is 23.1 Å². The second kappa shape index (κ2) is 12.8. The van der Waals surface area contributed by atoms with Crippen LogP contribution in [0.1, 0.15) is 43.9 Å². The SMILES string of the molecule is CC[C@H](C(=O)NCC(C)C)N(Cc1ccc(Cl)cc1Cl)C(=O)CN(c1cccc(C)c1C)S(C)(=O)=O. The van der Waals surface area contributed by atoms with Crippen LogP contribution in [-0.4, -0.2) is 50.5 Å². The van der Waals surface area contributed by atoms with Gasteiger partial charge in [-0.05, 0) is 61.1 Å². The highest BCUT2D eigenvalue weighted by Crippen LogP contribution is 2.27. The predicted molar refractivity (Wildman–Crippen MR) is 147 cm³/mol. The molecule has 198 valence electrons. The Bertz CT molecular complexity index is 1200. The first-order chi connectivity index (χ1) is 16.8. The Morgan fingerprint density at radius 2 is 1.75 bits per heavy atom. The smallest absolute Gasteiger partial charge is 0.244 e. The van der Waals surface area contributed by atoms with E-state index in [1.807, 2.05) is 40.7 Å². The van der Waals surface area contributed by atoms with Crippen molar-refractivity contribution in [1.82, 2.24) is 10.2 Å². The fourth-order valence-corrected chi connectivity index (χ4v) is 5.14. The second-order valence-electron chi connectivity index (χ2n) is 9.31. The normalized spacial score (nSPS) is 12.4. The zero-order chi connectivity index (χ0) is 27.2. The molecule has 0 aliphatic rings. The van der Waals surface area contributed by atoms with E-state index < -0.39 is 28.5 Å². The van der Waals surface area contributed by atoms with E-state index in [4.69, 9.17) is 23.2 Å². The zero-order valence-electron chi connectivity index (χ0n) is 21.6. The number of amides is 2. The molecule has 0 saturated heterocycles. The molecule has 0 fully saturated rings. The average molecular weight is 557 g/mol. The summed E-state index contributed by atoms with van der Waals surface area (Å²) in [7, 11) is -3.80. The van der Waals surface area contributed by atoms with Crippen molar-refractivity contribution in [2.75, 3.05) is 23.7 Å². The first-order valence-corrected chi connectivity index (χ1v) is 14.4. The summed E-state index contributed by atoms with van der Waals surface area (Å²) in [4.78, 5) is 28.3. The summed E-state index contributed by atoms with van der Waals surface area (Å²) in [6, 6.07) is 9.40. The molecule has 2 amide bonds. The summed E-state index contributed by atoms with van der Waals surface area (Å²) in [5.74, 6) is -0.590. The lowest BCUT2D eigenvalue weighted by Gasteiger charge is -2.33. The molecule has 0 aliphatic heterocycles. The van der Waals surface area contributed by atoms with Crippen LogP contribution < -0.4 is 9.62 Å². The minimum Gasteiger partial charge on any atom is -0.354 e. The van der Waals surface area contributed by atoms with Gasteiger partial charge in [0.2, 0.25) is 21.8 Å². The summed E-state index contributed by atoms with van der Waals surface area (Å²) in [5.41, 5.74) is 2.68. The summed E-state index contributed by atoms with van der Waals surface area (Å²) in [6.45, 7) is 9.47.